The van der Waals surface area contributed by atoms with Gasteiger partial charge in [0.05, 0.1) is 6.04 Å². The van der Waals surface area contributed by atoms with Crippen LogP contribution in [0.25, 0.3) is 0 Å². The number of ether oxygens (including phenoxy) is 1. The molecule has 7 nitrogen and oxygen atoms in total. The van der Waals surface area contributed by atoms with Crippen LogP contribution in [-0.2, 0) is 15.0 Å². The van der Waals surface area contributed by atoms with Crippen LogP contribution in [0.2, 0.25) is 5.02 Å². The summed E-state index contributed by atoms with van der Waals surface area (Å²) in [6.45, 7) is 7.74. The fourth-order valence-corrected chi connectivity index (χ4v) is 5.71. The highest BCUT2D eigenvalue weighted by Crippen LogP contribution is 2.39. The van der Waals surface area contributed by atoms with E-state index in [9.17, 15) is 18.8 Å². The fraction of sp³-hybridized carbons (Fsp3) is 0.483. The fourth-order valence-electron chi connectivity index (χ4n) is 5.58. The maximum Gasteiger partial charge on any atom is 0.415 e. The van der Waals surface area contributed by atoms with Crippen molar-refractivity contribution in [2.75, 3.05) is 33.2 Å². The molecular weight excluding hydrogens is 509 g/mol. The Bertz CT molecular complexity index is 1170. The van der Waals surface area contributed by atoms with Crippen molar-refractivity contribution in [1.29, 1.82) is 0 Å². The average molecular weight is 544 g/mol. The van der Waals surface area contributed by atoms with E-state index in [2.05, 4.69) is 0 Å². The minimum atomic E-state index is -0.586. The molecule has 9 heteroatoms. The number of likely N-dealkylation sites (N-methyl/N-ethyl adjacent to an activating group) is 1. The summed E-state index contributed by atoms with van der Waals surface area (Å²) in [4.78, 5) is 44.4. The van der Waals surface area contributed by atoms with E-state index in [0.29, 0.717) is 44.0 Å². The third-order valence-corrected chi connectivity index (χ3v) is 8.14. The smallest absolute Gasteiger partial charge is 0.410 e. The first-order valence-electron chi connectivity index (χ1n) is 13.0. The van der Waals surface area contributed by atoms with E-state index < -0.39 is 17.3 Å². The molecule has 0 spiro atoms. The molecule has 0 bridgehead atoms. The number of nitrogens with zero attached hydrogens (tertiary/aromatic N) is 3. The first-order chi connectivity index (χ1) is 18.0. The number of carbonyl (C=O) groups excluding carboxylic acids is 3. The molecule has 0 aromatic heterocycles. The normalized spacial score (nSPS) is 22.0. The second-order valence-electron chi connectivity index (χ2n) is 10.8. The molecule has 2 aromatic carbocycles. The van der Waals surface area contributed by atoms with Crippen LogP contribution in [-0.4, -0.2) is 71.9 Å². The Morgan fingerprint density at radius 3 is 2.21 bits per heavy atom. The largest absolute Gasteiger partial charge is 0.415 e. The van der Waals surface area contributed by atoms with Crippen molar-refractivity contribution in [1.82, 2.24) is 14.7 Å². The van der Waals surface area contributed by atoms with Gasteiger partial charge in [-0.05, 0) is 54.8 Å². The van der Waals surface area contributed by atoms with Crippen LogP contribution in [0.3, 0.4) is 0 Å². The van der Waals surface area contributed by atoms with E-state index in [1.54, 1.807) is 7.05 Å². The standard InChI is InChI=1S/C29H35ClFN3O4/c1-19(2)26(35)33-15-13-20(14-16-33)27(36)34-17-25(29(3,18-34)21-5-7-22(30)8-6-21)32(4)28(37)38-24-11-9-23(31)10-12-24/h5-12,19-20,25H,13-18H2,1-4H3/t25-,29+/m1/s1. The molecule has 204 valence electrons. The zero-order valence-electron chi connectivity index (χ0n) is 22.3. The number of likely N-dealkylation sites (tertiary alicyclic amines) is 2. The van der Waals surface area contributed by atoms with Crippen molar-refractivity contribution in [3.05, 3.63) is 64.9 Å². The molecule has 0 unspecified atom stereocenters. The van der Waals surface area contributed by atoms with E-state index >= 15 is 0 Å². The van der Waals surface area contributed by atoms with Gasteiger partial charge in [0.1, 0.15) is 11.6 Å². The SMILES string of the molecule is CC(C)C(=O)N1CCC(C(=O)N2C[C@@H](N(C)C(=O)Oc3ccc(F)cc3)[C@](C)(c3ccc(Cl)cc3)C2)CC1. The number of hydrogen-bond acceptors (Lipinski definition) is 4. The van der Waals surface area contributed by atoms with E-state index in [4.69, 9.17) is 16.3 Å². The van der Waals surface area contributed by atoms with Gasteiger partial charge < -0.3 is 19.4 Å². The molecule has 0 N–H and O–H groups in total. The topological polar surface area (TPSA) is 70.2 Å². The molecule has 2 heterocycles. The van der Waals surface area contributed by atoms with Crippen LogP contribution >= 0.6 is 11.6 Å². The minimum absolute atomic E-state index is 0.0460. The molecule has 2 fully saturated rings. The van der Waals surface area contributed by atoms with E-state index in [1.807, 2.05) is 54.8 Å². The van der Waals surface area contributed by atoms with Gasteiger partial charge in [-0.15, -0.1) is 0 Å². The maximum absolute atomic E-state index is 13.7. The Morgan fingerprint density at radius 1 is 1.03 bits per heavy atom. The van der Waals surface area contributed by atoms with Crippen LogP contribution in [0.15, 0.2) is 48.5 Å². The van der Waals surface area contributed by atoms with Gasteiger partial charge in [0, 0.05) is 55.5 Å². The van der Waals surface area contributed by atoms with Gasteiger partial charge in [-0.25, -0.2) is 9.18 Å². The summed E-state index contributed by atoms with van der Waals surface area (Å²) in [5, 5.41) is 0.603. The van der Waals surface area contributed by atoms with E-state index in [-0.39, 0.29) is 35.4 Å². The molecule has 2 atom stereocenters. The molecule has 0 aliphatic carbocycles. The summed E-state index contributed by atoms with van der Waals surface area (Å²) in [6, 6.07) is 12.4. The van der Waals surface area contributed by atoms with Crippen molar-refractivity contribution in [3.63, 3.8) is 0 Å². The molecule has 0 saturated carbocycles. The Morgan fingerprint density at radius 2 is 1.63 bits per heavy atom. The lowest BCUT2D eigenvalue weighted by molar-refractivity contribution is -0.141. The van der Waals surface area contributed by atoms with Crippen molar-refractivity contribution < 1.29 is 23.5 Å². The molecule has 2 aromatic rings. The van der Waals surface area contributed by atoms with Crippen molar-refractivity contribution >= 4 is 29.5 Å². The van der Waals surface area contributed by atoms with Crippen LogP contribution in [0.4, 0.5) is 9.18 Å². The highest BCUT2D eigenvalue weighted by molar-refractivity contribution is 6.30. The summed E-state index contributed by atoms with van der Waals surface area (Å²) in [5.41, 5.74) is 0.381. The van der Waals surface area contributed by atoms with Crippen LogP contribution in [0.1, 0.15) is 39.2 Å². The van der Waals surface area contributed by atoms with Gasteiger partial charge in [0.25, 0.3) is 0 Å². The van der Waals surface area contributed by atoms with E-state index in [0.717, 1.165) is 5.56 Å². The zero-order chi connectivity index (χ0) is 27.6. The number of hydrogen-bond donors (Lipinski definition) is 0. The highest BCUT2D eigenvalue weighted by atomic mass is 35.5. The zero-order valence-corrected chi connectivity index (χ0v) is 23.1. The van der Waals surface area contributed by atoms with Crippen LogP contribution in [0, 0.1) is 17.7 Å². The number of benzene rings is 2. The van der Waals surface area contributed by atoms with Gasteiger partial charge in [-0.1, -0.05) is 44.5 Å². The van der Waals surface area contributed by atoms with Gasteiger partial charge >= 0.3 is 6.09 Å². The van der Waals surface area contributed by atoms with E-state index in [1.165, 1.54) is 29.2 Å². The third-order valence-electron chi connectivity index (χ3n) is 7.89. The number of halogens is 2. The Hall–Kier alpha value is -3.13. The van der Waals surface area contributed by atoms with Crippen LogP contribution < -0.4 is 4.74 Å². The number of rotatable bonds is 5. The summed E-state index contributed by atoms with van der Waals surface area (Å²) < 4.78 is 18.8. The summed E-state index contributed by atoms with van der Waals surface area (Å²) >= 11 is 6.14. The predicted molar refractivity (Wildman–Crippen MR) is 144 cm³/mol. The first kappa shape index (κ1) is 27.9. The van der Waals surface area contributed by atoms with Gasteiger partial charge in [0.15, 0.2) is 0 Å². The second kappa shape index (κ2) is 11.3. The summed E-state index contributed by atoms with van der Waals surface area (Å²) in [6.07, 6.45) is 0.661. The predicted octanol–water partition coefficient (Wildman–Crippen LogP) is 4.97. The quantitative estimate of drug-likeness (QED) is 0.534. The van der Waals surface area contributed by atoms with Crippen molar-refractivity contribution in [2.24, 2.45) is 11.8 Å². The molecule has 3 amide bonds. The molecular formula is C29H35ClFN3O4. The van der Waals surface area contributed by atoms with Gasteiger partial charge in [0.2, 0.25) is 11.8 Å². The maximum atomic E-state index is 13.7. The minimum Gasteiger partial charge on any atom is -0.410 e. The lowest BCUT2D eigenvalue weighted by Gasteiger charge is -2.36. The second-order valence-corrected chi connectivity index (χ2v) is 11.3. The lowest BCUT2D eigenvalue weighted by atomic mass is 9.77. The molecule has 2 aliphatic rings. The highest BCUT2D eigenvalue weighted by Gasteiger charge is 2.50. The monoisotopic (exact) mass is 543 g/mol. The molecule has 2 saturated heterocycles. The number of amides is 3. The lowest BCUT2D eigenvalue weighted by Crippen LogP contribution is -2.50. The summed E-state index contributed by atoms with van der Waals surface area (Å²) in [7, 11) is 1.66. The molecule has 2 aliphatic heterocycles. The Kier molecular flexibility index (Phi) is 8.31. The molecule has 4 rings (SSSR count). The number of carbonyl (C=O) groups is 3. The van der Waals surface area contributed by atoms with Crippen molar-refractivity contribution in [2.45, 2.75) is 45.1 Å². The molecule has 38 heavy (non-hydrogen) atoms. The Labute approximate surface area is 228 Å². The number of piperidine rings is 1. The molecule has 0 radical (unpaired) electrons. The Balaban J connectivity index is 1.52. The van der Waals surface area contributed by atoms with Gasteiger partial charge in [-0.3, -0.25) is 9.59 Å². The first-order valence-corrected chi connectivity index (χ1v) is 13.4. The van der Waals surface area contributed by atoms with Crippen LogP contribution in [0.5, 0.6) is 5.75 Å². The average Bonchev–Trinajstić information content (AvgIpc) is 3.27. The van der Waals surface area contributed by atoms with Crippen molar-refractivity contribution in [3.8, 4) is 5.75 Å². The third kappa shape index (κ3) is 5.80. The van der Waals surface area contributed by atoms with Gasteiger partial charge in [-0.2, -0.15) is 0 Å². The summed E-state index contributed by atoms with van der Waals surface area (Å²) in [5.74, 6) is -0.246.